The first-order valence-corrected chi connectivity index (χ1v) is 14.0. The van der Waals surface area contributed by atoms with Crippen LogP contribution in [0.25, 0.3) is 72.2 Å². The predicted molar refractivity (Wildman–Crippen MR) is 170 cm³/mol. The predicted octanol–water partition coefficient (Wildman–Crippen LogP) is 9.87. The van der Waals surface area contributed by atoms with E-state index in [1.807, 2.05) is 48.5 Å². The molecule has 0 aliphatic carbocycles. The van der Waals surface area contributed by atoms with Gasteiger partial charge in [-0.05, 0) is 65.7 Å². The Morgan fingerprint density at radius 3 is 1.93 bits per heavy atom. The molecule has 3 nitrogen and oxygen atoms in total. The lowest BCUT2D eigenvalue weighted by molar-refractivity contribution is 0.631. The molecule has 0 spiro atoms. The van der Waals surface area contributed by atoms with Crippen molar-refractivity contribution in [1.82, 2.24) is 14.5 Å². The Morgan fingerprint density at radius 2 is 1.12 bits per heavy atom. The molecule has 0 fully saturated rings. The lowest BCUT2D eigenvalue weighted by Gasteiger charge is -2.12. The Labute approximate surface area is 242 Å². The summed E-state index contributed by atoms with van der Waals surface area (Å²) in [6.45, 7) is 0. The fraction of sp³-hybridized carbons (Fsp3) is 0. The van der Waals surface area contributed by atoms with Crippen LogP contribution in [0.2, 0.25) is 0 Å². The number of hydrogen-bond acceptors (Lipinski definition) is 2. The van der Waals surface area contributed by atoms with Crippen molar-refractivity contribution >= 4 is 32.7 Å². The van der Waals surface area contributed by atoms with E-state index in [-0.39, 0.29) is 5.82 Å². The van der Waals surface area contributed by atoms with Crippen molar-refractivity contribution in [3.05, 3.63) is 151 Å². The second kappa shape index (κ2) is 9.79. The summed E-state index contributed by atoms with van der Waals surface area (Å²) in [5, 5.41) is 3.18. The molecule has 0 unspecified atom stereocenters. The van der Waals surface area contributed by atoms with Crippen LogP contribution in [0.3, 0.4) is 0 Å². The van der Waals surface area contributed by atoms with E-state index in [0.29, 0.717) is 17.1 Å². The Kier molecular flexibility index (Phi) is 5.64. The third-order valence-corrected chi connectivity index (χ3v) is 7.88. The van der Waals surface area contributed by atoms with Crippen LogP contribution in [-0.4, -0.2) is 14.5 Å². The van der Waals surface area contributed by atoms with Gasteiger partial charge >= 0.3 is 0 Å². The second-order valence-corrected chi connectivity index (χ2v) is 10.4. The Hall–Kier alpha value is -5.61. The Balaban J connectivity index is 1.35. The van der Waals surface area contributed by atoms with E-state index >= 15 is 4.39 Å². The smallest absolute Gasteiger partial charge is 0.160 e. The molecule has 0 N–H and O–H groups in total. The van der Waals surface area contributed by atoms with Gasteiger partial charge in [-0.25, -0.2) is 14.4 Å². The first-order valence-electron chi connectivity index (χ1n) is 14.0. The topological polar surface area (TPSA) is 30.7 Å². The van der Waals surface area contributed by atoms with E-state index in [1.165, 1.54) is 16.8 Å². The minimum absolute atomic E-state index is 0.308. The molecule has 0 aliphatic rings. The summed E-state index contributed by atoms with van der Waals surface area (Å²) in [6.07, 6.45) is 0. The average molecular weight is 542 g/mol. The van der Waals surface area contributed by atoms with Gasteiger partial charge in [0.25, 0.3) is 0 Å². The lowest BCUT2D eigenvalue weighted by atomic mass is 9.98. The second-order valence-electron chi connectivity index (χ2n) is 10.4. The molecule has 6 aromatic carbocycles. The van der Waals surface area contributed by atoms with Crippen LogP contribution in [0.4, 0.5) is 4.39 Å². The number of rotatable bonds is 4. The van der Waals surface area contributed by atoms with Crippen molar-refractivity contribution in [1.29, 1.82) is 0 Å². The maximum absolute atomic E-state index is 15.2. The number of nitrogens with zero attached hydrogens (tertiary/aromatic N) is 3. The van der Waals surface area contributed by atoms with Crippen LogP contribution in [-0.2, 0) is 0 Å². The largest absolute Gasteiger partial charge is 0.309 e. The zero-order chi connectivity index (χ0) is 28.0. The Morgan fingerprint density at radius 1 is 0.476 bits per heavy atom. The van der Waals surface area contributed by atoms with E-state index in [0.717, 1.165) is 44.3 Å². The van der Waals surface area contributed by atoms with Gasteiger partial charge in [0.2, 0.25) is 0 Å². The highest BCUT2D eigenvalue weighted by Crippen LogP contribution is 2.37. The van der Waals surface area contributed by atoms with E-state index in [9.17, 15) is 0 Å². The molecule has 8 rings (SSSR count). The average Bonchev–Trinajstić information content (AvgIpc) is 3.39. The summed E-state index contributed by atoms with van der Waals surface area (Å²) < 4.78 is 17.5. The highest BCUT2D eigenvalue weighted by Gasteiger charge is 2.17. The minimum Gasteiger partial charge on any atom is -0.309 e. The number of halogens is 1. The molecule has 198 valence electrons. The first kappa shape index (κ1) is 24.2. The van der Waals surface area contributed by atoms with Gasteiger partial charge in [-0.2, -0.15) is 0 Å². The lowest BCUT2D eigenvalue weighted by Crippen LogP contribution is -1.97. The SMILES string of the molecule is Fc1ccccc1-c1nc(-c2ccccc2)nc2ccc(-c3ccc4c(c3)c3ccccc3n4-c3ccccc3)cc12. The molecule has 42 heavy (non-hydrogen) atoms. The summed E-state index contributed by atoms with van der Waals surface area (Å²) in [6, 6.07) is 48.4. The van der Waals surface area contributed by atoms with Gasteiger partial charge in [0, 0.05) is 33.0 Å². The zero-order valence-electron chi connectivity index (χ0n) is 22.6. The van der Waals surface area contributed by atoms with Gasteiger partial charge in [-0.15, -0.1) is 0 Å². The summed E-state index contributed by atoms with van der Waals surface area (Å²) in [7, 11) is 0. The maximum Gasteiger partial charge on any atom is 0.160 e. The molecule has 0 saturated heterocycles. The van der Waals surface area contributed by atoms with E-state index in [2.05, 4.69) is 83.4 Å². The maximum atomic E-state index is 15.2. The summed E-state index contributed by atoms with van der Waals surface area (Å²) in [4.78, 5) is 9.80. The third kappa shape index (κ3) is 3.96. The van der Waals surface area contributed by atoms with E-state index < -0.39 is 0 Å². The summed E-state index contributed by atoms with van der Waals surface area (Å²) in [5.74, 6) is 0.265. The fourth-order valence-corrected chi connectivity index (χ4v) is 5.89. The summed E-state index contributed by atoms with van der Waals surface area (Å²) in [5.41, 5.74) is 8.24. The molecule has 0 bridgehead atoms. The number of para-hydroxylation sites is 2. The molecule has 4 heteroatoms. The van der Waals surface area contributed by atoms with Crippen molar-refractivity contribution in [2.45, 2.75) is 0 Å². The van der Waals surface area contributed by atoms with Gasteiger partial charge in [0.05, 0.1) is 22.2 Å². The number of fused-ring (bicyclic) bond motifs is 4. The quantitative estimate of drug-likeness (QED) is 0.222. The van der Waals surface area contributed by atoms with Gasteiger partial charge in [0.1, 0.15) is 5.82 Å². The molecule has 8 aromatic rings. The van der Waals surface area contributed by atoms with Crippen LogP contribution >= 0.6 is 0 Å². The molecule has 0 atom stereocenters. The van der Waals surface area contributed by atoms with E-state index in [4.69, 9.17) is 9.97 Å². The highest BCUT2D eigenvalue weighted by molar-refractivity contribution is 6.10. The molecular weight excluding hydrogens is 517 g/mol. The summed E-state index contributed by atoms with van der Waals surface area (Å²) >= 11 is 0. The minimum atomic E-state index is -0.308. The molecule has 0 saturated carbocycles. The van der Waals surface area contributed by atoms with Crippen molar-refractivity contribution in [3.63, 3.8) is 0 Å². The van der Waals surface area contributed by atoms with Crippen molar-refractivity contribution in [3.8, 4) is 39.5 Å². The molecular formula is C38H24FN3. The number of benzene rings is 6. The van der Waals surface area contributed by atoms with E-state index in [1.54, 1.807) is 12.1 Å². The van der Waals surface area contributed by atoms with Crippen molar-refractivity contribution in [2.24, 2.45) is 0 Å². The van der Waals surface area contributed by atoms with Crippen LogP contribution in [0.1, 0.15) is 0 Å². The Bertz CT molecular complexity index is 2250. The normalized spacial score (nSPS) is 11.5. The molecule has 0 radical (unpaired) electrons. The third-order valence-electron chi connectivity index (χ3n) is 7.88. The molecule has 2 heterocycles. The van der Waals surface area contributed by atoms with Gasteiger partial charge in [-0.1, -0.05) is 91.0 Å². The fourth-order valence-electron chi connectivity index (χ4n) is 5.89. The number of aromatic nitrogens is 3. The zero-order valence-corrected chi connectivity index (χ0v) is 22.6. The van der Waals surface area contributed by atoms with Crippen molar-refractivity contribution < 1.29 is 4.39 Å². The molecule has 0 amide bonds. The highest BCUT2D eigenvalue weighted by atomic mass is 19.1. The van der Waals surface area contributed by atoms with Crippen molar-refractivity contribution in [2.75, 3.05) is 0 Å². The molecule has 2 aromatic heterocycles. The van der Waals surface area contributed by atoms with Gasteiger partial charge in [-0.3, -0.25) is 0 Å². The standard InChI is InChI=1S/C38H24FN3/c39-33-17-9-7-16-30(33)37-32-24-26(19-21-34(32)40-38(41-37)25-11-3-1-4-12-25)27-20-22-36-31(23-27)29-15-8-10-18-35(29)42(36)28-13-5-2-6-14-28/h1-24H. The van der Waals surface area contributed by atoms with Gasteiger partial charge < -0.3 is 4.57 Å². The van der Waals surface area contributed by atoms with Crippen LogP contribution < -0.4 is 0 Å². The first-order chi connectivity index (χ1) is 20.7. The number of hydrogen-bond donors (Lipinski definition) is 0. The molecule has 0 aliphatic heterocycles. The van der Waals surface area contributed by atoms with Gasteiger partial charge in [0.15, 0.2) is 5.82 Å². The van der Waals surface area contributed by atoms with Crippen LogP contribution in [0, 0.1) is 5.82 Å². The van der Waals surface area contributed by atoms with Crippen LogP contribution in [0.15, 0.2) is 146 Å². The monoisotopic (exact) mass is 541 g/mol. The van der Waals surface area contributed by atoms with Crippen LogP contribution in [0.5, 0.6) is 0 Å².